The van der Waals surface area contributed by atoms with Crippen molar-refractivity contribution in [3.8, 4) is 5.75 Å². The Bertz CT molecular complexity index is 675. The summed E-state index contributed by atoms with van der Waals surface area (Å²) in [5, 5.41) is 2.78. The predicted molar refractivity (Wildman–Crippen MR) is 92.2 cm³/mol. The number of hydrogen-bond acceptors (Lipinski definition) is 3. The molecule has 2 rings (SSSR count). The Hall–Kier alpha value is -2.08. The minimum absolute atomic E-state index is 0.125. The van der Waals surface area contributed by atoms with Gasteiger partial charge in [-0.15, -0.1) is 0 Å². The Morgan fingerprint density at radius 1 is 1.22 bits per heavy atom. The summed E-state index contributed by atoms with van der Waals surface area (Å²) in [6.07, 6.45) is 0. The average Bonchev–Trinajstić information content (AvgIpc) is 2.52. The number of amides is 1. The van der Waals surface area contributed by atoms with Crippen molar-refractivity contribution in [1.29, 1.82) is 0 Å². The monoisotopic (exact) mass is 380 g/mol. The maximum atomic E-state index is 13.0. The summed E-state index contributed by atoms with van der Waals surface area (Å²) in [5.41, 5.74) is 2.11. The SMILES string of the molecule is CN(C)c1ccc(CNC(=O)COc2ccc(F)cc2Br)cc1. The zero-order valence-electron chi connectivity index (χ0n) is 13.0. The molecular formula is C17H18BrFN2O2. The van der Waals surface area contributed by atoms with E-state index in [1.807, 2.05) is 43.3 Å². The van der Waals surface area contributed by atoms with Gasteiger partial charge in [0.05, 0.1) is 4.47 Å². The molecule has 0 saturated carbocycles. The van der Waals surface area contributed by atoms with Crippen LogP contribution in [0.2, 0.25) is 0 Å². The summed E-state index contributed by atoms with van der Waals surface area (Å²) < 4.78 is 18.8. The largest absolute Gasteiger partial charge is 0.483 e. The number of carbonyl (C=O) groups excluding carboxylic acids is 1. The molecule has 0 unspecified atom stereocenters. The van der Waals surface area contributed by atoms with Crippen LogP contribution < -0.4 is 15.0 Å². The van der Waals surface area contributed by atoms with Crippen LogP contribution in [-0.2, 0) is 11.3 Å². The van der Waals surface area contributed by atoms with Crippen molar-refractivity contribution in [3.05, 3.63) is 58.3 Å². The molecule has 0 atom stereocenters. The van der Waals surface area contributed by atoms with Crippen molar-refractivity contribution in [1.82, 2.24) is 5.32 Å². The van der Waals surface area contributed by atoms with Gasteiger partial charge in [0, 0.05) is 26.3 Å². The number of nitrogens with one attached hydrogen (secondary N) is 1. The lowest BCUT2D eigenvalue weighted by Gasteiger charge is -2.13. The predicted octanol–water partition coefficient (Wildman–Crippen LogP) is 3.35. The molecule has 0 fully saturated rings. The number of rotatable bonds is 6. The van der Waals surface area contributed by atoms with E-state index >= 15 is 0 Å². The lowest BCUT2D eigenvalue weighted by Crippen LogP contribution is -2.28. The molecule has 0 aliphatic heterocycles. The van der Waals surface area contributed by atoms with Gasteiger partial charge in [-0.3, -0.25) is 4.79 Å². The van der Waals surface area contributed by atoms with Crippen LogP contribution in [0, 0.1) is 5.82 Å². The summed E-state index contributed by atoms with van der Waals surface area (Å²) >= 11 is 3.19. The van der Waals surface area contributed by atoms with Gasteiger partial charge in [0.15, 0.2) is 6.61 Å². The second-order valence-electron chi connectivity index (χ2n) is 5.20. The third-order valence-corrected chi connectivity index (χ3v) is 3.81. The van der Waals surface area contributed by atoms with Gasteiger partial charge in [0.25, 0.3) is 5.91 Å². The molecule has 1 N–H and O–H groups in total. The van der Waals surface area contributed by atoms with Crippen molar-refractivity contribution < 1.29 is 13.9 Å². The molecule has 2 aromatic carbocycles. The van der Waals surface area contributed by atoms with Gasteiger partial charge in [-0.1, -0.05) is 12.1 Å². The lowest BCUT2D eigenvalue weighted by atomic mass is 10.2. The van der Waals surface area contributed by atoms with E-state index < -0.39 is 0 Å². The first kappa shape index (κ1) is 17.3. The zero-order chi connectivity index (χ0) is 16.8. The van der Waals surface area contributed by atoms with Crippen LogP contribution in [-0.4, -0.2) is 26.6 Å². The van der Waals surface area contributed by atoms with Gasteiger partial charge < -0.3 is 15.0 Å². The maximum Gasteiger partial charge on any atom is 0.258 e. The molecule has 0 radical (unpaired) electrons. The molecule has 122 valence electrons. The fourth-order valence-corrected chi connectivity index (χ4v) is 2.36. The molecule has 0 aromatic heterocycles. The Morgan fingerprint density at radius 3 is 2.52 bits per heavy atom. The van der Waals surface area contributed by atoms with Crippen LogP contribution in [0.15, 0.2) is 46.9 Å². The van der Waals surface area contributed by atoms with Crippen LogP contribution >= 0.6 is 15.9 Å². The number of anilines is 1. The Labute approximate surface area is 143 Å². The molecule has 1 amide bonds. The minimum atomic E-state index is -0.366. The Kier molecular flexibility index (Phi) is 5.98. The highest BCUT2D eigenvalue weighted by atomic mass is 79.9. The van der Waals surface area contributed by atoms with Crippen LogP contribution in [0.1, 0.15) is 5.56 Å². The van der Waals surface area contributed by atoms with Crippen LogP contribution in [0.4, 0.5) is 10.1 Å². The smallest absolute Gasteiger partial charge is 0.258 e. The average molecular weight is 381 g/mol. The fourth-order valence-electron chi connectivity index (χ4n) is 1.90. The quantitative estimate of drug-likeness (QED) is 0.835. The van der Waals surface area contributed by atoms with E-state index in [-0.39, 0.29) is 18.3 Å². The van der Waals surface area contributed by atoms with E-state index in [9.17, 15) is 9.18 Å². The molecule has 0 bridgehead atoms. The molecule has 0 aliphatic carbocycles. The highest BCUT2D eigenvalue weighted by Crippen LogP contribution is 2.25. The van der Waals surface area contributed by atoms with Crippen molar-refractivity contribution in [2.45, 2.75) is 6.54 Å². The van der Waals surface area contributed by atoms with Crippen molar-refractivity contribution in [3.63, 3.8) is 0 Å². The first-order chi connectivity index (χ1) is 11.0. The van der Waals surface area contributed by atoms with Crippen molar-refractivity contribution >= 4 is 27.5 Å². The molecule has 6 heteroatoms. The van der Waals surface area contributed by atoms with E-state index in [4.69, 9.17) is 4.74 Å². The molecule has 23 heavy (non-hydrogen) atoms. The number of nitrogens with zero attached hydrogens (tertiary/aromatic N) is 1. The van der Waals surface area contributed by atoms with Crippen LogP contribution in [0.3, 0.4) is 0 Å². The van der Waals surface area contributed by atoms with Crippen LogP contribution in [0.25, 0.3) is 0 Å². The number of hydrogen-bond donors (Lipinski definition) is 1. The van der Waals surface area contributed by atoms with E-state index in [1.165, 1.54) is 18.2 Å². The lowest BCUT2D eigenvalue weighted by molar-refractivity contribution is -0.123. The van der Waals surface area contributed by atoms with Gasteiger partial charge in [0.1, 0.15) is 11.6 Å². The molecule has 0 heterocycles. The first-order valence-electron chi connectivity index (χ1n) is 7.06. The second kappa shape index (κ2) is 7.97. The number of halogens is 2. The summed E-state index contributed by atoms with van der Waals surface area (Å²) in [4.78, 5) is 13.8. The highest BCUT2D eigenvalue weighted by molar-refractivity contribution is 9.10. The fraction of sp³-hybridized carbons (Fsp3) is 0.235. The first-order valence-corrected chi connectivity index (χ1v) is 7.86. The van der Waals surface area contributed by atoms with E-state index in [2.05, 4.69) is 21.2 Å². The van der Waals surface area contributed by atoms with Gasteiger partial charge in [-0.05, 0) is 51.8 Å². The van der Waals surface area contributed by atoms with E-state index in [0.29, 0.717) is 16.8 Å². The number of carbonyl (C=O) groups is 1. The van der Waals surface area contributed by atoms with Crippen molar-refractivity contribution in [2.75, 3.05) is 25.6 Å². The third kappa shape index (κ3) is 5.25. The van der Waals surface area contributed by atoms with E-state index in [0.717, 1.165) is 11.3 Å². The number of benzene rings is 2. The minimum Gasteiger partial charge on any atom is -0.483 e. The molecule has 0 aliphatic rings. The summed E-state index contributed by atoms with van der Waals surface area (Å²) in [5.74, 6) is -0.176. The zero-order valence-corrected chi connectivity index (χ0v) is 14.6. The molecular weight excluding hydrogens is 363 g/mol. The van der Waals surface area contributed by atoms with Gasteiger partial charge >= 0.3 is 0 Å². The molecule has 0 spiro atoms. The third-order valence-electron chi connectivity index (χ3n) is 3.20. The van der Waals surface area contributed by atoms with Gasteiger partial charge in [-0.2, -0.15) is 0 Å². The summed E-state index contributed by atoms with van der Waals surface area (Å²) in [6.45, 7) is 0.306. The highest BCUT2D eigenvalue weighted by Gasteiger charge is 2.06. The topological polar surface area (TPSA) is 41.6 Å². The number of ether oxygens (including phenoxy) is 1. The van der Waals surface area contributed by atoms with Crippen molar-refractivity contribution in [2.24, 2.45) is 0 Å². The van der Waals surface area contributed by atoms with Gasteiger partial charge in [0.2, 0.25) is 0 Å². The Balaban J connectivity index is 1.80. The summed E-state index contributed by atoms with van der Waals surface area (Å²) in [7, 11) is 3.95. The Morgan fingerprint density at radius 2 is 1.91 bits per heavy atom. The summed E-state index contributed by atoms with van der Waals surface area (Å²) in [6, 6.07) is 12.0. The molecule has 4 nitrogen and oxygen atoms in total. The second-order valence-corrected chi connectivity index (χ2v) is 6.06. The molecule has 2 aromatic rings. The van der Waals surface area contributed by atoms with E-state index in [1.54, 1.807) is 0 Å². The normalized spacial score (nSPS) is 10.3. The van der Waals surface area contributed by atoms with Crippen LogP contribution in [0.5, 0.6) is 5.75 Å². The maximum absolute atomic E-state index is 13.0. The molecule has 0 saturated heterocycles. The van der Waals surface area contributed by atoms with Gasteiger partial charge in [-0.25, -0.2) is 4.39 Å². The standard InChI is InChI=1S/C17H18BrFN2O2/c1-21(2)14-6-3-12(4-7-14)10-20-17(22)11-23-16-8-5-13(19)9-15(16)18/h3-9H,10-11H2,1-2H3,(H,20,22).